The van der Waals surface area contributed by atoms with E-state index in [9.17, 15) is 9.59 Å². The smallest absolute Gasteiger partial charge is 0.294 e. The fourth-order valence-electron chi connectivity index (χ4n) is 3.31. The molecule has 6 nitrogen and oxygen atoms in total. The predicted octanol–water partition coefficient (Wildman–Crippen LogP) is 1.36. The van der Waals surface area contributed by atoms with Gasteiger partial charge in [-0.15, -0.1) is 0 Å². The highest BCUT2D eigenvalue weighted by atomic mass is 16.2. The Morgan fingerprint density at radius 3 is 2.50 bits per heavy atom. The summed E-state index contributed by atoms with van der Waals surface area (Å²) in [6.07, 6.45) is 0.611. The summed E-state index contributed by atoms with van der Waals surface area (Å²) in [4.78, 5) is 31.5. The van der Waals surface area contributed by atoms with Crippen molar-refractivity contribution >= 4 is 11.7 Å². The Labute approximate surface area is 131 Å². The van der Waals surface area contributed by atoms with Crippen LogP contribution in [0.15, 0.2) is 4.79 Å². The molecule has 1 aliphatic rings. The molecule has 0 bridgehead atoms. The van der Waals surface area contributed by atoms with Gasteiger partial charge < -0.3 is 10.2 Å². The second kappa shape index (κ2) is 5.41. The van der Waals surface area contributed by atoms with E-state index in [1.807, 2.05) is 20.8 Å². The minimum absolute atomic E-state index is 0.0478. The molecule has 0 aromatic carbocycles. The third-order valence-corrected chi connectivity index (χ3v) is 4.08. The van der Waals surface area contributed by atoms with E-state index in [0.717, 1.165) is 11.4 Å². The third kappa shape index (κ3) is 2.62. The number of aromatic nitrogens is 2. The van der Waals surface area contributed by atoms with Crippen molar-refractivity contribution in [2.45, 2.75) is 58.5 Å². The molecule has 0 spiro atoms. The number of anilines is 1. The van der Waals surface area contributed by atoms with Gasteiger partial charge in [-0.2, -0.15) is 0 Å². The van der Waals surface area contributed by atoms with Crippen LogP contribution < -0.4 is 15.8 Å². The van der Waals surface area contributed by atoms with Gasteiger partial charge in [0.2, 0.25) is 5.91 Å². The largest absolute Gasteiger partial charge is 0.358 e. The summed E-state index contributed by atoms with van der Waals surface area (Å²) in [7, 11) is 3.58. The van der Waals surface area contributed by atoms with Crippen molar-refractivity contribution in [3.05, 3.63) is 21.7 Å². The highest BCUT2D eigenvalue weighted by Crippen LogP contribution is 2.41. The second-order valence-electron chi connectivity index (χ2n) is 7.21. The number of hydrogen-bond donors (Lipinski definition) is 1. The maximum absolute atomic E-state index is 12.8. The van der Waals surface area contributed by atoms with Crippen LogP contribution in [0.2, 0.25) is 0 Å². The highest BCUT2D eigenvalue weighted by Gasteiger charge is 2.43. The zero-order valence-corrected chi connectivity index (χ0v) is 14.5. The van der Waals surface area contributed by atoms with Gasteiger partial charge in [0.05, 0.1) is 5.69 Å². The highest BCUT2D eigenvalue weighted by molar-refractivity contribution is 5.81. The number of aryl methyl sites for hydroxylation is 1. The van der Waals surface area contributed by atoms with E-state index in [1.165, 1.54) is 0 Å². The molecule has 1 aliphatic heterocycles. The average molecular weight is 306 g/mol. The monoisotopic (exact) mass is 306 g/mol. The summed E-state index contributed by atoms with van der Waals surface area (Å²) >= 11 is 0. The maximum atomic E-state index is 12.8. The van der Waals surface area contributed by atoms with Crippen LogP contribution in [0, 0.1) is 6.92 Å². The average Bonchev–Trinajstić information content (AvgIpc) is 2.65. The Kier molecular flexibility index (Phi) is 4.06. The van der Waals surface area contributed by atoms with Crippen LogP contribution in [-0.2, 0) is 10.2 Å². The SMILES string of the molecule is Cc1nc(N(C)C)c(=O)n2c1C(C)(C)CC2C(=O)NC(C)C. The normalized spacial score (nSPS) is 19.2. The second-order valence-corrected chi connectivity index (χ2v) is 7.21. The molecule has 0 saturated carbocycles. The van der Waals surface area contributed by atoms with Crippen molar-refractivity contribution in [2.75, 3.05) is 19.0 Å². The van der Waals surface area contributed by atoms with E-state index in [-0.39, 0.29) is 22.9 Å². The van der Waals surface area contributed by atoms with Gasteiger partial charge in [-0.25, -0.2) is 4.98 Å². The first-order valence-corrected chi connectivity index (χ1v) is 7.67. The van der Waals surface area contributed by atoms with E-state index in [0.29, 0.717) is 12.2 Å². The van der Waals surface area contributed by atoms with Gasteiger partial charge in [0.1, 0.15) is 6.04 Å². The Balaban J connectivity index is 2.65. The first kappa shape index (κ1) is 16.5. The van der Waals surface area contributed by atoms with Crippen LogP contribution in [0.25, 0.3) is 0 Å². The minimum Gasteiger partial charge on any atom is -0.358 e. The molecule has 1 aromatic rings. The zero-order valence-electron chi connectivity index (χ0n) is 14.5. The summed E-state index contributed by atoms with van der Waals surface area (Å²) in [5.41, 5.74) is 1.24. The van der Waals surface area contributed by atoms with E-state index >= 15 is 0 Å². The number of nitrogens with one attached hydrogen (secondary N) is 1. The quantitative estimate of drug-likeness (QED) is 0.916. The molecule has 1 N–H and O–H groups in total. The first-order valence-electron chi connectivity index (χ1n) is 7.67. The van der Waals surface area contributed by atoms with Gasteiger partial charge in [0, 0.05) is 31.2 Å². The lowest BCUT2D eigenvalue weighted by atomic mass is 9.85. The van der Waals surface area contributed by atoms with Crippen LogP contribution in [0.3, 0.4) is 0 Å². The molecule has 122 valence electrons. The Morgan fingerprint density at radius 1 is 1.41 bits per heavy atom. The molecular formula is C16H26N4O2. The van der Waals surface area contributed by atoms with Crippen molar-refractivity contribution in [1.29, 1.82) is 0 Å². The molecule has 0 aliphatic carbocycles. The molecule has 6 heteroatoms. The lowest BCUT2D eigenvalue weighted by Crippen LogP contribution is -2.40. The third-order valence-electron chi connectivity index (χ3n) is 4.08. The number of carbonyl (C=O) groups excluding carboxylic acids is 1. The maximum Gasteiger partial charge on any atom is 0.294 e. The van der Waals surface area contributed by atoms with Gasteiger partial charge in [0.15, 0.2) is 5.82 Å². The predicted molar refractivity (Wildman–Crippen MR) is 87.5 cm³/mol. The van der Waals surface area contributed by atoms with Crippen molar-refractivity contribution in [3.63, 3.8) is 0 Å². The van der Waals surface area contributed by atoms with Gasteiger partial charge >= 0.3 is 0 Å². The van der Waals surface area contributed by atoms with Crippen molar-refractivity contribution in [3.8, 4) is 0 Å². The van der Waals surface area contributed by atoms with Gasteiger partial charge in [-0.3, -0.25) is 14.2 Å². The summed E-state index contributed by atoms with van der Waals surface area (Å²) in [6, 6.07) is -0.424. The van der Waals surface area contributed by atoms with Gasteiger partial charge in [0.25, 0.3) is 5.56 Å². The van der Waals surface area contributed by atoms with Gasteiger partial charge in [-0.05, 0) is 27.2 Å². The van der Waals surface area contributed by atoms with E-state index in [2.05, 4.69) is 24.1 Å². The fourth-order valence-corrected chi connectivity index (χ4v) is 3.31. The number of nitrogens with zero attached hydrogens (tertiary/aromatic N) is 3. The molecular weight excluding hydrogens is 280 g/mol. The molecule has 1 aromatic heterocycles. The number of carbonyl (C=O) groups is 1. The number of rotatable bonds is 3. The Hall–Kier alpha value is -1.85. The summed E-state index contributed by atoms with van der Waals surface area (Å²) < 4.78 is 1.65. The number of fused-ring (bicyclic) bond motifs is 1. The van der Waals surface area contributed by atoms with Crippen molar-refractivity contribution in [1.82, 2.24) is 14.9 Å². The zero-order chi connectivity index (χ0) is 16.8. The van der Waals surface area contributed by atoms with Crippen LogP contribution in [0.1, 0.15) is 51.5 Å². The van der Waals surface area contributed by atoms with Crippen LogP contribution in [0.5, 0.6) is 0 Å². The van der Waals surface area contributed by atoms with Crippen molar-refractivity contribution in [2.24, 2.45) is 0 Å². The molecule has 22 heavy (non-hydrogen) atoms. The molecule has 1 unspecified atom stereocenters. The topological polar surface area (TPSA) is 67.2 Å². The summed E-state index contributed by atoms with van der Waals surface area (Å²) in [5, 5.41) is 2.93. The van der Waals surface area contributed by atoms with E-state index in [1.54, 1.807) is 23.6 Å². The molecule has 0 radical (unpaired) electrons. The van der Waals surface area contributed by atoms with Crippen LogP contribution >= 0.6 is 0 Å². The summed E-state index contributed by atoms with van der Waals surface area (Å²) in [5.74, 6) is 0.278. The summed E-state index contributed by atoms with van der Waals surface area (Å²) in [6.45, 7) is 9.87. The molecule has 0 fully saturated rings. The molecule has 2 heterocycles. The molecule has 1 amide bonds. The van der Waals surface area contributed by atoms with Gasteiger partial charge in [-0.1, -0.05) is 13.8 Å². The standard InChI is InChI=1S/C16H26N4O2/c1-9(2)17-14(21)11-8-16(4,5)12-10(3)18-13(19(6)7)15(22)20(11)12/h9,11H,8H2,1-7H3,(H,17,21). The van der Waals surface area contributed by atoms with E-state index in [4.69, 9.17) is 0 Å². The lowest BCUT2D eigenvalue weighted by molar-refractivity contribution is -0.124. The fraction of sp³-hybridized carbons (Fsp3) is 0.688. The Morgan fingerprint density at radius 2 is 2.00 bits per heavy atom. The first-order chi connectivity index (χ1) is 10.1. The molecule has 2 rings (SSSR count). The Bertz CT molecular complexity index is 659. The number of hydrogen-bond acceptors (Lipinski definition) is 4. The lowest BCUT2D eigenvalue weighted by Gasteiger charge is -2.21. The molecule has 0 saturated heterocycles. The molecule has 1 atom stereocenters. The van der Waals surface area contributed by atoms with Crippen LogP contribution in [0.4, 0.5) is 5.82 Å². The minimum atomic E-state index is -0.472. The van der Waals surface area contributed by atoms with Crippen molar-refractivity contribution < 1.29 is 4.79 Å². The number of amides is 1. The van der Waals surface area contributed by atoms with Crippen LogP contribution in [-0.4, -0.2) is 35.6 Å². The van der Waals surface area contributed by atoms with E-state index < -0.39 is 6.04 Å².